The highest BCUT2D eigenvalue weighted by Gasteiger charge is 2.71. The van der Waals surface area contributed by atoms with Crippen molar-refractivity contribution in [2.45, 2.75) is 160 Å². The second-order valence-electron chi connectivity index (χ2n) is 22.9. The van der Waals surface area contributed by atoms with Crippen molar-refractivity contribution in [1.29, 1.82) is 0 Å². The number of aliphatic hydroxyl groups excluding tert-OH is 1. The predicted molar refractivity (Wildman–Crippen MR) is 307 cm³/mol. The molecule has 1 saturated carbocycles. The van der Waals surface area contributed by atoms with E-state index in [0.717, 1.165) is 26.7 Å². The summed E-state index contributed by atoms with van der Waals surface area (Å²) in [5, 5.41) is 48.5. The SMILES string of the molecule is CC(=O)O[C@@H](C(C)=O)C1=C(C)[C@@H](OC(=O)[C@H](OC(=O)COCC(=O)NCCCc2cn(CCCCCC(=O)O)nn2)[C@@H](NC(=O)c2ccccc2)c2ccccc2)C[C@@](O)([C@@H](OC(=O)c2ccccc2)[C@H]2[C@@H](C)[C@@H](O)C[C@H]3OC[C@@]23OC(C)=O)C1(C)C. The number of fused-ring (bicyclic) bond motifs is 1. The molecular weight excluding hydrogens is 1130 g/mol. The smallest absolute Gasteiger partial charge is 0.350 e. The minimum atomic E-state index is -2.55. The third-order valence-electron chi connectivity index (χ3n) is 16.5. The summed E-state index contributed by atoms with van der Waals surface area (Å²) in [6.45, 7) is 8.58. The van der Waals surface area contributed by atoms with E-state index in [2.05, 4.69) is 20.9 Å². The summed E-state index contributed by atoms with van der Waals surface area (Å²) >= 11 is 0. The average molecular weight is 1210 g/mol. The van der Waals surface area contributed by atoms with E-state index in [1.165, 1.54) is 52.0 Å². The first-order valence-electron chi connectivity index (χ1n) is 29.0. The molecule has 0 spiro atoms. The number of ether oxygens (including phenoxy) is 7. The summed E-state index contributed by atoms with van der Waals surface area (Å²) in [5.74, 6) is -10.2. The topological polar surface area (TPSA) is 334 Å². The van der Waals surface area contributed by atoms with Crippen LogP contribution in [-0.4, -0.2) is 158 Å². The highest BCUT2D eigenvalue weighted by atomic mass is 16.6. The molecule has 468 valence electrons. The van der Waals surface area contributed by atoms with Gasteiger partial charge in [-0.05, 0) is 86.4 Å². The Bertz CT molecular complexity index is 3140. The number of carboxylic acids is 1. The van der Waals surface area contributed by atoms with Crippen LogP contribution in [0.3, 0.4) is 0 Å². The lowest BCUT2D eigenvalue weighted by atomic mass is 9.52. The molecule has 0 bridgehead atoms. The molecule has 5 N–H and O–H groups in total. The summed E-state index contributed by atoms with van der Waals surface area (Å²) in [7, 11) is 0. The van der Waals surface area contributed by atoms with E-state index in [1.807, 2.05) is 0 Å². The van der Waals surface area contributed by atoms with E-state index >= 15 is 4.79 Å². The number of hydrogen-bond donors (Lipinski definition) is 5. The fourth-order valence-corrected chi connectivity index (χ4v) is 12.0. The van der Waals surface area contributed by atoms with Gasteiger partial charge in [0.05, 0.1) is 24.0 Å². The van der Waals surface area contributed by atoms with Crippen molar-refractivity contribution >= 4 is 53.4 Å². The van der Waals surface area contributed by atoms with Gasteiger partial charge in [0.1, 0.15) is 43.2 Å². The molecule has 24 nitrogen and oxygen atoms in total. The fourth-order valence-electron chi connectivity index (χ4n) is 12.0. The number of carbonyl (C=O) groups excluding carboxylic acids is 8. The van der Waals surface area contributed by atoms with Crippen molar-refractivity contribution in [3.8, 4) is 0 Å². The van der Waals surface area contributed by atoms with Crippen LogP contribution in [0.25, 0.3) is 0 Å². The Morgan fingerprint density at radius 2 is 1.47 bits per heavy atom. The van der Waals surface area contributed by atoms with Gasteiger partial charge in [0.25, 0.3) is 5.91 Å². The Morgan fingerprint density at radius 3 is 2.08 bits per heavy atom. The van der Waals surface area contributed by atoms with Crippen molar-refractivity contribution in [3.05, 3.63) is 131 Å². The molecule has 4 aromatic rings. The lowest BCUT2D eigenvalue weighted by Crippen LogP contribution is -2.76. The van der Waals surface area contributed by atoms with Gasteiger partial charge in [-0.25, -0.2) is 14.4 Å². The van der Waals surface area contributed by atoms with Crippen molar-refractivity contribution in [1.82, 2.24) is 25.6 Å². The van der Waals surface area contributed by atoms with Crippen LogP contribution >= 0.6 is 0 Å². The maximum atomic E-state index is 15.5. The van der Waals surface area contributed by atoms with Crippen molar-refractivity contribution in [2.24, 2.45) is 17.3 Å². The zero-order valence-corrected chi connectivity index (χ0v) is 49.8. The maximum Gasteiger partial charge on any atom is 0.350 e. The number of benzene rings is 3. The van der Waals surface area contributed by atoms with Crippen LogP contribution in [-0.2, 0) is 79.7 Å². The molecule has 24 heteroatoms. The van der Waals surface area contributed by atoms with Gasteiger partial charge in [-0.3, -0.25) is 33.4 Å². The first-order valence-corrected chi connectivity index (χ1v) is 29.0. The molecule has 1 saturated heterocycles. The highest BCUT2D eigenvalue weighted by Crippen LogP contribution is 2.59. The lowest BCUT2D eigenvalue weighted by Gasteiger charge is -2.63. The Morgan fingerprint density at radius 1 is 0.816 bits per heavy atom. The summed E-state index contributed by atoms with van der Waals surface area (Å²) in [6, 6.07) is 22.2. The van der Waals surface area contributed by atoms with E-state index in [4.69, 9.17) is 38.3 Å². The second kappa shape index (κ2) is 29.5. The molecule has 3 aliphatic rings. The van der Waals surface area contributed by atoms with E-state index in [0.29, 0.717) is 31.5 Å². The van der Waals surface area contributed by atoms with Gasteiger partial charge in [0.2, 0.25) is 12.0 Å². The van der Waals surface area contributed by atoms with E-state index < -0.39 is 144 Å². The number of esters is 5. The Kier molecular flexibility index (Phi) is 22.5. The second-order valence-corrected chi connectivity index (χ2v) is 22.9. The van der Waals surface area contributed by atoms with Crippen LogP contribution in [0.5, 0.6) is 0 Å². The molecule has 7 rings (SSSR count). The number of aromatic nitrogens is 3. The van der Waals surface area contributed by atoms with E-state index in [1.54, 1.807) is 84.5 Å². The number of nitrogens with zero attached hydrogens (tertiary/aromatic N) is 3. The Labute approximate surface area is 503 Å². The number of hydrogen-bond acceptors (Lipinski definition) is 20. The third kappa shape index (κ3) is 16.1. The number of carboxylic acid groups (broad SMARTS) is 1. The molecule has 2 fully saturated rings. The molecular formula is C63H77N5O19. The third-order valence-corrected chi connectivity index (χ3v) is 16.5. The summed E-state index contributed by atoms with van der Waals surface area (Å²) in [6.07, 6.45) is -5.33. The molecule has 0 unspecified atom stereocenters. The van der Waals surface area contributed by atoms with Gasteiger partial charge >= 0.3 is 35.8 Å². The van der Waals surface area contributed by atoms with Crippen LogP contribution in [0, 0.1) is 17.3 Å². The number of aliphatic carboxylic acids is 1. The molecule has 2 amide bonds. The summed E-state index contributed by atoms with van der Waals surface area (Å²) < 4.78 is 43.8. The Hall–Kier alpha value is -8.19. The molecule has 2 aliphatic carbocycles. The first-order chi connectivity index (χ1) is 41.4. The van der Waals surface area contributed by atoms with Crippen LogP contribution < -0.4 is 10.6 Å². The lowest BCUT2D eigenvalue weighted by molar-refractivity contribution is -0.332. The maximum absolute atomic E-state index is 15.5. The average Bonchev–Trinajstić information content (AvgIpc) is 1.78. The number of Topliss-reactive ketones (excluding diaryl/α,β-unsaturated/α-hetero) is 1. The minimum absolute atomic E-state index is 0.00706. The first kappa shape index (κ1) is 66.3. The number of ketones is 1. The standard InChI is InChI=1S/C63H77N5O19/c1-37-46(72)31-48-62(36-82-48,87-41(5)71)53(37)57(86-59(78)44-25-16-10-17-26-44)63(80)32-47(38(2)52(61(63,6)7)55(39(3)69)83-40(4)70)84-60(79)56(54(42-21-12-8-13-22-42)65-58(77)43-23-14-9-15-24-43)85-51(76)35-81-34-49(73)64-29-20-27-45-33-68(67-66-45)30-19-11-18-28-50(74)75/h8-10,12-17,21-26,33,37,46-48,53-57,72,80H,11,18-20,27-32,34-36H2,1-7H3,(H,64,73)(H,65,77)(H,74,75)/t37-,46-,47-,48+,53+,54-,55-,56+,57-,62-,63+/m0/s1. The molecule has 3 aromatic carbocycles. The fraction of sp³-hybridized carbons (Fsp3) is 0.508. The molecule has 87 heavy (non-hydrogen) atoms. The number of aliphatic hydroxyl groups is 2. The van der Waals surface area contributed by atoms with Crippen LogP contribution in [0.15, 0.2) is 108 Å². The van der Waals surface area contributed by atoms with Gasteiger partial charge in [-0.2, -0.15) is 0 Å². The quantitative estimate of drug-likeness (QED) is 0.0208. The van der Waals surface area contributed by atoms with Crippen LogP contribution in [0.2, 0.25) is 0 Å². The number of nitrogens with one attached hydrogen (secondary N) is 2. The number of aryl methyl sites for hydroxylation is 2. The number of rotatable bonds is 29. The van der Waals surface area contributed by atoms with Gasteiger partial charge in [0, 0.05) is 69.3 Å². The highest BCUT2D eigenvalue weighted by molar-refractivity contribution is 5.95. The summed E-state index contributed by atoms with van der Waals surface area (Å²) in [5.41, 5.74) is -4.87. The summed E-state index contributed by atoms with van der Waals surface area (Å²) in [4.78, 5) is 122. The zero-order chi connectivity index (χ0) is 63.2. The monoisotopic (exact) mass is 1210 g/mol. The van der Waals surface area contributed by atoms with E-state index in [9.17, 15) is 48.6 Å². The van der Waals surface area contributed by atoms with Crippen LogP contribution in [0.1, 0.15) is 131 Å². The van der Waals surface area contributed by atoms with Crippen LogP contribution in [0.4, 0.5) is 0 Å². The van der Waals surface area contributed by atoms with Gasteiger partial charge in [-0.1, -0.05) is 99.1 Å². The number of carbonyl (C=O) groups is 9. The number of amides is 2. The van der Waals surface area contributed by atoms with Crippen molar-refractivity contribution in [3.63, 3.8) is 0 Å². The largest absolute Gasteiger partial charge is 0.481 e. The van der Waals surface area contributed by atoms with Crippen molar-refractivity contribution < 1.29 is 91.6 Å². The van der Waals surface area contributed by atoms with E-state index in [-0.39, 0.29) is 53.8 Å². The normalized spacial score (nSPS) is 23.4. The zero-order valence-electron chi connectivity index (χ0n) is 49.8. The molecule has 11 atom stereocenters. The number of unbranched alkanes of at least 4 members (excludes halogenated alkanes) is 2. The van der Waals surface area contributed by atoms with Gasteiger partial charge in [-0.15, -0.1) is 5.10 Å². The van der Waals surface area contributed by atoms with Gasteiger partial charge in [0.15, 0.2) is 17.5 Å². The predicted octanol–water partition coefficient (Wildman–Crippen LogP) is 4.92. The Balaban J connectivity index is 1.21. The minimum Gasteiger partial charge on any atom is -0.481 e. The van der Waals surface area contributed by atoms with Gasteiger partial charge < -0.3 is 59.1 Å². The molecule has 0 radical (unpaired) electrons. The molecule has 2 heterocycles. The molecule has 1 aliphatic heterocycles. The van der Waals surface area contributed by atoms with Crippen molar-refractivity contribution in [2.75, 3.05) is 26.4 Å². The molecule has 1 aromatic heterocycles.